The third-order valence-corrected chi connectivity index (χ3v) is 4.37. The topological polar surface area (TPSA) is 47.9 Å². The molecule has 1 aliphatic heterocycles. The second-order valence-corrected chi connectivity index (χ2v) is 6.68. The normalized spacial score (nSPS) is 15.0. The van der Waals surface area contributed by atoms with E-state index in [-0.39, 0.29) is 0 Å². The number of carbonyl (C=O) groups excluding carboxylic acids is 1. The molecule has 0 radical (unpaired) electrons. The summed E-state index contributed by atoms with van der Waals surface area (Å²) in [5, 5.41) is 0. The SMILES string of the molecule is CCCCCCOc1ccc(/C=C2\N=C(c3ccc(C)cc3)OC2=O)cc1. The Morgan fingerprint density at radius 2 is 1.74 bits per heavy atom. The molecule has 4 heteroatoms. The van der Waals surface area contributed by atoms with Crippen molar-refractivity contribution in [1.82, 2.24) is 0 Å². The van der Waals surface area contributed by atoms with E-state index in [0.717, 1.165) is 35.5 Å². The molecule has 0 atom stereocenters. The molecule has 0 saturated carbocycles. The molecular formula is C23H25NO3. The molecule has 2 aromatic rings. The minimum Gasteiger partial charge on any atom is -0.494 e. The summed E-state index contributed by atoms with van der Waals surface area (Å²) in [5.74, 6) is 0.756. The van der Waals surface area contributed by atoms with Gasteiger partial charge in [0.2, 0.25) is 5.90 Å². The standard InChI is InChI=1S/C23H25NO3/c1-3-4-5-6-15-26-20-13-9-18(10-14-20)16-21-23(25)27-22(24-21)19-11-7-17(2)8-12-19/h7-14,16H,3-6,15H2,1-2H3/b21-16-. The van der Waals surface area contributed by atoms with Crippen LogP contribution in [-0.4, -0.2) is 18.5 Å². The molecule has 0 aliphatic carbocycles. The largest absolute Gasteiger partial charge is 0.494 e. The van der Waals surface area contributed by atoms with E-state index in [0.29, 0.717) is 11.6 Å². The molecule has 0 aromatic heterocycles. The van der Waals surface area contributed by atoms with E-state index in [1.165, 1.54) is 19.3 Å². The molecule has 0 saturated heterocycles. The van der Waals surface area contributed by atoms with Crippen molar-refractivity contribution < 1.29 is 14.3 Å². The van der Waals surface area contributed by atoms with E-state index in [1.807, 2.05) is 55.5 Å². The first kappa shape index (κ1) is 18.9. The second-order valence-electron chi connectivity index (χ2n) is 6.68. The van der Waals surface area contributed by atoms with Crippen LogP contribution in [0.4, 0.5) is 0 Å². The Morgan fingerprint density at radius 3 is 2.44 bits per heavy atom. The van der Waals surface area contributed by atoms with Gasteiger partial charge >= 0.3 is 5.97 Å². The Bertz CT molecular complexity index is 833. The lowest BCUT2D eigenvalue weighted by atomic mass is 10.1. The molecular weight excluding hydrogens is 338 g/mol. The fraction of sp³-hybridized carbons (Fsp3) is 0.304. The van der Waals surface area contributed by atoms with Gasteiger partial charge in [-0.15, -0.1) is 0 Å². The van der Waals surface area contributed by atoms with Crippen LogP contribution in [0.15, 0.2) is 59.2 Å². The quantitative estimate of drug-likeness (QED) is 0.363. The van der Waals surface area contributed by atoms with E-state index in [9.17, 15) is 4.79 Å². The molecule has 0 fully saturated rings. The van der Waals surface area contributed by atoms with E-state index in [1.54, 1.807) is 6.08 Å². The van der Waals surface area contributed by atoms with E-state index < -0.39 is 5.97 Å². The number of nitrogens with zero attached hydrogens (tertiary/aromatic N) is 1. The van der Waals surface area contributed by atoms with Crippen LogP contribution < -0.4 is 4.74 Å². The maximum absolute atomic E-state index is 12.1. The van der Waals surface area contributed by atoms with Gasteiger partial charge < -0.3 is 9.47 Å². The summed E-state index contributed by atoms with van der Waals surface area (Å²) in [6, 6.07) is 15.4. The number of aliphatic imine (C=N–C) groups is 1. The average molecular weight is 363 g/mol. The fourth-order valence-electron chi connectivity index (χ4n) is 2.77. The van der Waals surface area contributed by atoms with Crippen LogP contribution >= 0.6 is 0 Å². The van der Waals surface area contributed by atoms with Crippen molar-refractivity contribution in [1.29, 1.82) is 0 Å². The van der Waals surface area contributed by atoms with E-state index >= 15 is 0 Å². The van der Waals surface area contributed by atoms with Gasteiger partial charge in [-0.3, -0.25) is 0 Å². The molecule has 1 heterocycles. The summed E-state index contributed by atoms with van der Waals surface area (Å²) in [4.78, 5) is 16.4. The van der Waals surface area contributed by atoms with Gasteiger partial charge in [0, 0.05) is 5.56 Å². The molecule has 27 heavy (non-hydrogen) atoms. The highest BCUT2D eigenvalue weighted by molar-refractivity contribution is 6.12. The van der Waals surface area contributed by atoms with Gasteiger partial charge in [0.1, 0.15) is 5.75 Å². The van der Waals surface area contributed by atoms with Gasteiger partial charge in [0.05, 0.1) is 6.61 Å². The summed E-state index contributed by atoms with van der Waals surface area (Å²) in [5.41, 5.74) is 3.13. The minimum atomic E-state index is -0.429. The van der Waals surface area contributed by atoms with Crippen LogP contribution in [0, 0.1) is 6.92 Å². The molecule has 4 nitrogen and oxygen atoms in total. The van der Waals surface area contributed by atoms with Crippen LogP contribution in [0.5, 0.6) is 5.75 Å². The number of hydrogen-bond donors (Lipinski definition) is 0. The van der Waals surface area contributed by atoms with E-state index in [4.69, 9.17) is 9.47 Å². The lowest BCUT2D eigenvalue weighted by Gasteiger charge is -2.06. The van der Waals surface area contributed by atoms with Gasteiger partial charge in [-0.1, -0.05) is 56.0 Å². The molecule has 0 amide bonds. The number of ether oxygens (including phenoxy) is 2. The molecule has 0 bridgehead atoms. The Hall–Kier alpha value is -2.88. The van der Waals surface area contributed by atoms with Crippen LogP contribution in [0.3, 0.4) is 0 Å². The summed E-state index contributed by atoms with van der Waals surface area (Å²) in [6.07, 6.45) is 6.47. The molecule has 3 rings (SSSR count). The van der Waals surface area contributed by atoms with Gasteiger partial charge in [-0.2, -0.15) is 0 Å². The predicted molar refractivity (Wildman–Crippen MR) is 108 cm³/mol. The third kappa shape index (κ3) is 5.30. The number of unbranched alkanes of at least 4 members (excludes halogenated alkanes) is 3. The maximum Gasteiger partial charge on any atom is 0.363 e. The van der Waals surface area contributed by atoms with Crippen LogP contribution in [0.2, 0.25) is 0 Å². The molecule has 0 spiro atoms. The molecule has 140 valence electrons. The number of benzene rings is 2. The summed E-state index contributed by atoms with van der Waals surface area (Å²) < 4.78 is 11.0. The molecule has 0 N–H and O–H groups in total. The number of hydrogen-bond acceptors (Lipinski definition) is 4. The highest BCUT2D eigenvalue weighted by Gasteiger charge is 2.23. The highest BCUT2D eigenvalue weighted by atomic mass is 16.6. The Labute approximate surface area is 160 Å². The summed E-state index contributed by atoms with van der Waals surface area (Å²) in [6.45, 7) is 4.94. The van der Waals surface area contributed by atoms with Crippen LogP contribution in [-0.2, 0) is 9.53 Å². The lowest BCUT2D eigenvalue weighted by molar-refractivity contribution is -0.129. The van der Waals surface area contributed by atoms with Crippen LogP contribution in [0.25, 0.3) is 6.08 Å². The first-order valence-electron chi connectivity index (χ1n) is 9.48. The summed E-state index contributed by atoms with van der Waals surface area (Å²) >= 11 is 0. The predicted octanol–water partition coefficient (Wildman–Crippen LogP) is 5.30. The number of rotatable bonds is 8. The smallest absolute Gasteiger partial charge is 0.363 e. The Balaban J connectivity index is 1.63. The first-order valence-corrected chi connectivity index (χ1v) is 9.48. The van der Waals surface area contributed by atoms with Gasteiger partial charge in [0.15, 0.2) is 5.70 Å². The number of cyclic esters (lactones) is 1. The lowest BCUT2D eigenvalue weighted by Crippen LogP contribution is -2.05. The minimum absolute atomic E-state index is 0.304. The average Bonchev–Trinajstić information content (AvgIpc) is 3.04. The molecule has 0 unspecified atom stereocenters. The van der Waals surface area contributed by atoms with Crippen molar-refractivity contribution in [2.45, 2.75) is 39.5 Å². The van der Waals surface area contributed by atoms with Crippen molar-refractivity contribution in [3.8, 4) is 5.75 Å². The Morgan fingerprint density at radius 1 is 1.00 bits per heavy atom. The molecule has 1 aliphatic rings. The molecule has 2 aromatic carbocycles. The number of esters is 1. The monoisotopic (exact) mass is 363 g/mol. The van der Waals surface area contributed by atoms with Gasteiger partial charge in [0.25, 0.3) is 0 Å². The van der Waals surface area contributed by atoms with Crippen molar-refractivity contribution in [2.75, 3.05) is 6.61 Å². The van der Waals surface area contributed by atoms with Crippen molar-refractivity contribution in [3.05, 3.63) is 70.9 Å². The van der Waals surface area contributed by atoms with E-state index in [2.05, 4.69) is 11.9 Å². The zero-order chi connectivity index (χ0) is 19.1. The highest BCUT2D eigenvalue weighted by Crippen LogP contribution is 2.21. The maximum atomic E-state index is 12.1. The zero-order valence-electron chi connectivity index (χ0n) is 15.9. The number of aryl methyl sites for hydroxylation is 1. The van der Waals surface area contributed by atoms with Crippen molar-refractivity contribution in [3.63, 3.8) is 0 Å². The van der Waals surface area contributed by atoms with Gasteiger partial charge in [-0.05, 0) is 49.2 Å². The third-order valence-electron chi connectivity index (χ3n) is 4.37. The van der Waals surface area contributed by atoms with Crippen LogP contribution in [0.1, 0.15) is 49.3 Å². The number of carbonyl (C=O) groups is 1. The van der Waals surface area contributed by atoms with Crippen molar-refractivity contribution >= 4 is 17.9 Å². The fourth-order valence-corrected chi connectivity index (χ4v) is 2.77. The second kappa shape index (κ2) is 9.17. The Kier molecular flexibility index (Phi) is 6.42. The van der Waals surface area contributed by atoms with Gasteiger partial charge in [-0.25, -0.2) is 9.79 Å². The zero-order valence-corrected chi connectivity index (χ0v) is 15.9. The van der Waals surface area contributed by atoms with Crippen molar-refractivity contribution in [2.24, 2.45) is 4.99 Å². The first-order chi connectivity index (χ1) is 13.2. The summed E-state index contributed by atoms with van der Waals surface area (Å²) in [7, 11) is 0.